The van der Waals surface area contributed by atoms with Crippen LogP contribution in [0.25, 0.3) is 0 Å². The van der Waals surface area contributed by atoms with Gasteiger partial charge in [0, 0.05) is 12.0 Å². The normalized spacial score (nSPS) is 20.4. The van der Waals surface area contributed by atoms with Crippen molar-refractivity contribution in [1.82, 2.24) is 5.32 Å². The Labute approximate surface area is 112 Å². The van der Waals surface area contributed by atoms with Crippen LogP contribution in [-0.4, -0.2) is 12.6 Å². The second kappa shape index (κ2) is 6.38. The van der Waals surface area contributed by atoms with Crippen molar-refractivity contribution in [2.24, 2.45) is 11.8 Å². The van der Waals surface area contributed by atoms with Gasteiger partial charge in [-0.1, -0.05) is 57.5 Å². The molecule has 3 atom stereocenters. The average molecular weight is 245 g/mol. The van der Waals surface area contributed by atoms with Crippen LogP contribution in [0.1, 0.15) is 51.5 Å². The molecule has 3 unspecified atom stereocenters. The van der Waals surface area contributed by atoms with Gasteiger partial charge in [-0.25, -0.2) is 0 Å². The Hall–Kier alpha value is -0.820. The zero-order valence-corrected chi connectivity index (χ0v) is 12.0. The van der Waals surface area contributed by atoms with Crippen LogP contribution in [0, 0.1) is 11.8 Å². The lowest BCUT2D eigenvalue weighted by molar-refractivity contribution is 0.312. The first-order valence-corrected chi connectivity index (χ1v) is 7.56. The number of benzene rings is 1. The molecule has 0 aliphatic heterocycles. The van der Waals surface area contributed by atoms with Crippen molar-refractivity contribution in [2.75, 3.05) is 6.54 Å². The van der Waals surface area contributed by atoms with Gasteiger partial charge in [-0.2, -0.15) is 0 Å². The molecule has 1 saturated carbocycles. The first-order valence-electron chi connectivity index (χ1n) is 7.56. The van der Waals surface area contributed by atoms with Gasteiger partial charge in [0.15, 0.2) is 0 Å². The van der Waals surface area contributed by atoms with Crippen molar-refractivity contribution >= 4 is 0 Å². The number of rotatable bonds is 7. The van der Waals surface area contributed by atoms with Gasteiger partial charge >= 0.3 is 0 Å². The maximum absolute atomic E-state index is 3.76. The van der Waals surface area contributed by atoms with Crippen molar-refractivity contribution in [2.45, 2.75) is 52.0 Å². The lowest BCUT2D eigenvalue weighted by Crippen LogP contribution is -2.39. The molecule has 1 heteroatoms. The number of likely N-dealkylation sites (N-methyl/N-ethyl adjacent to an activating group) is 1. The molecule has 0 heterocycles. The molecule has 1 aliphatic rings. The Balaban J connectivity index is 2.23. The summed E-state index contributed by atoms with van der Waals surface area (Å²) in [5.41, 5.74) is 1.52. The molecule has 1 aromatic carbocycles. The van der Waals surface area contributed by atoms with Crippen LogP contribution in [0.2, 0.25) is 0 Å². The molecule has 18 heavy (non-hydrogen) atoms. The summed E-state index contributed by atoms with van der Waals surface area (Å²) in [5.74, 6) is 2.32. The van der Waals surface area contributed by atoms with E-state index in [4.69, 9.17) is 0 Å². The molecule has 1 N–H and O–H groups in total. The molecule has 2 rings (SSSR count). The zero-order chi connectivity index (χ0) is 13.0. The third-order valence-corrected chi connectivity index (χ3v) is 4.40. The predicted octanol–water partition coefficient (Wildman–Crippen LogP) is 4.20. The average Bonchev–Trinajstić information content (AvgIpc) is 3.23. The van der Waals surface area contributed by atoms with Gasteiger partial charge in [0.05, 0.1) is 0 Å². The van der Waals surface area contributed by atoms with E-state index in [1.165, 1.54) is 24.8 Å². The summed E-state index contributed by atoms with van der Waals surface area (Å²) in [6, 6.07) is 11.8. The topological polar surface area (TPSA) is 12.0 Å². The first-order chi connectivity index (χ1) is 8.77. The van der Waals surface area contributed by atoms with E-state index in [1.54, 1.807) is 0 Å². The summed E-state index contributed by atoms with van der Waals surface area (Å²) in [4.78, 5) is 0. The van der Waals surface area contributed by atoms with Gasteiger partial charge in [-0.15, -0.1) is 0 Å². The van der Waals surface area contributed by atoms with Crippen LogP contribution in [0.3, 0.4) is 0 Å². The maximum atomic E-state index is 3.76. The highest BCUT2D eigenvalue weighted by Gasteiger charge is 2.38. The number of hydrogen-bond acceptors (Lipinski definition) is 1. The summed E-state index contributed by atoms with van der Waals surface area (Å²) in [7, 11) is 0. The van der Waals surface area contributed by atoms with Crippen LogP contribution in [0.5, 0.6) is 0 Å². The molecule has 1 fully saturated rings. The van der Waals surface area contributed by atoms with Gasteiger partial charge < -0.3 is 5.32 Å². The molecule has 0 saturated heterocycles. The molecule has 0 radical (unpaired) electrons. The fourth-order valence-electron chi connectivity index (χ4n) is 3.10. The van der Waals surface area contributed by atoms with Gasteiger partial charge in [-0.3, -0.25) is 0 Å². The molecule has 0 bridgehead atoms. The van der Waals surface area contributed by atoms with E-state index >= 15 is 0 Å². The standard InChI is InChI=1S/C17H27N/c1-4-13(3)16(14-9-7-6-8-10-14)17(18-5-2)15-11-12-15/h6-10,13,15-18H,4-5,11-12H2,1-3H3. The lowest BCUT2D eigenvalue weighted by atomic mass is 9.78. The number of nitrogens with one attached hydrogen (secondary N) is 1. The van der Waals surface area contributed by atoms with Crippen LogP contribution in [0.4, 0.5) is 0 Å². The Morgan fingerprint density at radius 3 is 2.33 bits per heavy atom. The third-order valence-electron chi connectivity index (χ3n) is 4.40. The number of hydrogen-bond donors (Lipinski definition) is 1. The first kappa shape index (κ1) is 13.6. The molecule has 1 nitrogen and oxygen atoms in total. The molecule has 1 aliphatic carbocycles. The van der Waals surface area contributed by atoms with E-state index in [0.29, 0.717) is 12.0 Å². The van der Waals surface area contributed by atoms with Crippen LogP contribution < -0.4 is 5.32 Å². The van der Waals surface area contributed by atoms with E-state index < -0.39 is 0 Å². The van der Waals surface area contributed by atoms with E-state index in [0.717, 1.165) is 18.4 Å². The minimum Gasteiger partial charge on any atom is -0.313 e. The van der Waals surface area contributed by atoms with E-state index in [9.17, 15) is 0 Å². The smallest absolute Gasteiger partial charge is 0.0166 e. The second-order valence-electron chi connectivity index (χ2n) is 5.74. The van der Waals surface area contributed by atoms with E-state index in [-0.39, 0.29) is 0 Å². The summed E-state index contributed by atoms with van der Waals surface area (Å²) < 4.78 is 0. The molecule has 0 aromatic heterocycles. The quantitative estimate of drug-likeness (QED) is 0.759. The molecule has 100 valence electrons. The minimum atomic E-state index is 0.670. The van der Waals surface area contributed by atoms with E-state index in [1.807, 2.05) is 0 Å². The Morgan fingerprint density at radius 1 is 1.17 bits per heavy atom. The second-order valence-corrected chi connectivity index (χ2v) is 5.74. The molecule has 0 amide bonds. The van der Waals surface area contributed by atoms with Crippen molar-refractivity contribution < 1.29 is 0 Å². The predicted molar refractivity (Wildman–Crippen MR) is 78.8 cm³/mol. The fraction of sp³-hybridized carbons (Fsp3) is 0.647. The van der Waals surface area contributed by atoms with Gasteiger partial charge in [0.25, 0.3) is 0 Å². The summed E-state index contributed by atoms with van der Waals surface area (Å²) in [5, 5.41) is 3.76. The molecule has 0 spiro atoms. The SMILES string of the molecule is CCNC(C1CC1)C(c1ccccc1)C(C)CC. The van der Waals surface area contributed by atoms with Gasteiger partial charge in [0.1, 0.15) is 0 Å². The van der Waals surface area contributed by atoms with Gasteiger partial charge in [0.2, 0.25) is 0 Å². The lowest BCUT2D eigenvalue weighted by Gasteiger charge is -2.33. The Morgan fingerprint density at radius 2 is 1.83 bits per heavy atom. The van der Waals surface area contributed by atoms with E-state index in [2.05, 4.69) is 56.4 Å². The van der Waals surface area contributed by atoms with Crippen molar-refractivity contribution in [3.63, 3.8) is 0 Å². The molecular formula is C17H27N. The van der Waals surface area contributed by atoms with Crippen LogP contribution in [0.15, 0.2) is 30.3 Å². The van der Waals surface area contributed by atoms with Crippen LogP contribution in [-0.2, 0) is 0 Å². The third kappa shape index (κ3) is 3.14. The van der Waals surface area contributed by atoms with Crippen molar-refractivity contribution in [3.05, 3.63) is 35.9 Å². The van der Waals surface area contributed by atoms with Crippen LogP contribution >= 0.6 is 0 Å². The van der Waals surface area contributed by atoms with Gasteiger partial charge in [-0.05, 0) is 36.8 Å². The summed E-state index contributed by atoms with van der Waals surface area (Å²) in [6.07, 6.45) is 4.09. The minimum absolute atomic E-state index is 0.670. The molecule has 1 aromatic rings. The Kier molecular flexibility index (Phi) is 4.82. The summed E-state index contributed by atoms with van der Waals surface area (Å²) >= 11 is 0. The van der Waals surface area contributed by atoms with Crippen molar-refractivity contribution in [3.8, 4) is 0 Å². The Bertz CT molecular complexity index is 342. The summed E-state index contributed by atoms with van der Waals surface area (Å²) in [6.45, 7) is 8.04. The highest BCUT2D eigenvalue weighted by molar-refractivity contribution is 5.23. The molecular weight excluding hydrogens is 218 g/mol. The highest BCUT2D eigenvalue weighted by atomic mass is 14.9. The largest absolute Gasteiger partial charge is 0.313 e. The van der Waals surface area contributed by atoms with Crippen molar-refractivity contribution in [1.29, 1.82) is 0 Å². The maximum Gasteiger partial charge on any atom is 0.0166 e. The highest BCUT2D eigenvalue weighted by Crippen LogP contribution is 2.42. The zero-order valence-electron chi connectivity index (χ0n) is 12.0. The fourth-order valence-corrected chi connectivity index (χ4v) is 3.10. The monoisotopic (exact) mass is 245 g/mol.